The first-order valence-electron chi connectivity index (χ1n) is 11.0. The number of hydrogen-bond acceptors (Lipinski definition) is 8. The summed E-state index contributed by atoms with van der Waals surface area (Å²) in [6, 6.07) is 19.3. The Morgan fingerprint density at radius 2 is 1.56 bits per heavy atom. The van der Waals surface area contributed by atoms with E-state index < -0.39 is 21.0 Å². The van der Waals surface area contributed by atoms with Crippen LogP contribution in [0.3, 0.4) is 0 Å². The molecular formula is C25H16Cl3N5O5S. The van der Waals surface area contributed by atoms with Gasteiger partial charge in [0, 0.05) is 33.3 Å². The van der Waals surface area contributed by atoms with Crippen LogP contribution in [0, 0.1) is 0 Å². The van der Waals surface area contributed by atoms with Crippen molar-refractivity contribution in [1.29, 1.82) is 0 Å². The molecule has 198 valence electrons. The lowest BCUT2D eigenvalue weighted by Crippen LogP contribution is -2.40. The van der Waals surface area contributed by atoms with Gasteiger partial charge in [-0.1, -0.05) is 34.8 Å². The topological polar surface area (TPSA) is 134 Å². The van der Waals surface area contributed by atoms with E-state index in [2.05, 4.69) is 24.5 Å². The Bertz CT molecular complexity index is 1780. The van der Waals surface area contributed by atoms with E-state index in [0.717, 1.165) is 4.68 Å². The number of rotatable bonds is 7. The van der Waals surface area contributed by atoms with Gasteiger partial charge in [-0.05, 0) is 65.3 Å². The van der Waals surface area contributed by atoms with E-state index in [1.54, 1.807) is 48.5 Å². The van der Waals surface area contributed by atoms with Crippen LogP contribution in [0.4, 0.5) is 5.95 Å². The van der Waals surface area contributed by atoms with Crippen LogP contribution in [-0.2, 0) is 10.0 Å². The predicted molar refractivity (Wildman–Crippen MR) is 143 cm³/mol. The number of nitrogens with one attached hydrogen (secondary N) is 1. The SMILES string of the molecule is COc1ccc(-c2cc(-c3cc(Cl)ccc3Cl)nc(NS(=O)(=O)c3c([O-])on[n+]3-c3ccc(Cl)cc3)n2)cc1. The summed E-state index contributed by atoms with van der Waals surface area (Å²) >= 11 is 18.5. The van der Waals surface area contributed by atoms with E-state index >= 15 is 0 Å². The van der Waals surface area contributed by atoms with Gasteiger partial charge in [-0.3, -0.25) is 0 Å². The van der Waals surface area contributed by atoms with Crippen LogP contribution in [0.1, 0.15) is 0 Å². The summed E-state index contributed by atoms with van der Waals surface area (Å²) in [5.41, 5.74) is 1.93. The minimum Gasteiger partial charge on any atom is -0.538 e. The fourth-order valence-corrected chi connectivity index (χ4v) is 5.18. The third-order valence-electron chi connectivity index (χ3n) is 5.44. The molecule has 0 aliphatic rings. The Labute approximate surface area is 237 Å². The van der Waals surface area contributed by atoms with Gasteiger partial charge in [0.2, 0.25) is 11.6 Å². The molecule has 0 amide bonds. The Hall–Kier alpha value is -3.90. The highest BCUT2D eigenvalue weighted by molar-refractivity contribution is 7.92. The van der Waals surface area contributed by atoms with Crippen LogP contribution in [0.5, 0.6) is 11.7 Å². The summed E-state index contributed by atoms with van der Waals surface area (Å²) in [7, 11) is -3.07. The first kappa shape index (κ1) is 26.7. The molecule has 0 fully saturated rings. The van der Waals surface area contributed by atoms with Crippen LogP contribution in [-0.4, -0.2) is 30.8 Å². The van der Waals surface area contributed by atoms with E-state index in [1.807, 2.05) is 0 Å². The van der Waals surface area contributed by atoms with E-state index in [0.29, 0.717) is 37.6 Å². The van der Waals surface area contributed by atoms with Crippen LogP contribution >= 0.6 is 34.8 Å². The average Bonchev–Trinajstić information content (AvgIpc) is 3.32. The molecule has 0 aliphatic carbocycles. The summed E-state index contributed by atoms with van der Waals surface area (Å²) in [4.78, 5) is 8.73. The highest BCUT2D eigenvalue weighted by Crippen LogP contribution is 2.33. The number of anilines is 1. The number of ether oxygens (including phenoxy) is 1. The molecule has 0 bridgehead atoms. The number of hydrogen-bond donors (Lipinski definition) is 1. The fourth-order valence-electron chi connectivity index (χ4n) is 3.61. The predicted octanol–water partition coefficient (Wildman–Crippen LogP) is 4.92. The van der Waals surface area contributed by atoms with Crippen molar-refractivity contribution >= 4 is 50.8 Å². The lowest BCUT2D eigenvalue weighted by molar-refractivity contribution is -0.706. The number of sulfonamides is 1. The number of aromatic nitrogens is 4. The van der Waals surface area contributed by atoms with E-state index in [9.17, 15) is 13.5 Å². The smallest absolute Gasteiger partial charge is 0.373 e. The summed E-state index contributed by atoms with van der Waals surface area (Å²) < 4.78 is 39.9. The molecule has 5 aromatic rings. The van der Waals surface area contributed by atoms with Crippen LogP contribution < -0.4 is 19.2 Å². The molecule has 0 unspecified atom stereocenters. The molecule has 14 heteroatoms. The molecule has 0 radical (unpaired) electrons. The summed E-state index contributed by atoms with van der Waals surface area (Å²) in [6.45, 7) is 0. The van der Waals surface area contributed by atoms with E-state index in [4.69, 9.17) is 39.5 Å². The zero-order valence-corrected chi connectivity index (χ0v) is 22.9. The van der Waals surface area contributed by atoms with Gasteiger partial charge in [0.25, 0.3) is 0 Å². The van der Waals surface area contributed by atoms with Gasteiger partial charge >= 0.3 is 15.0 Å². The van der Waals surface area contributed by atoms with Crippen molar-refractivity contribution in [1.82, 2.24) is 15.2 Å². The van der Waals surface area contributed by atoms with Crippen molar-refractivity contribution in [3.8, 4) is 39.9 Å². The number of methoxy groups -OCH3 is 1. The second-order valence-electron chi connectivity index (χ2n) is 7.97. The molecule has 5 rings (SSSR count). The van der Waals surface area contributed by atoms with E-state index in [-0.39, 0.29) is 17.3 Å². The van der Waals surface area contributed by atoms with Crippen molar-refractivity contribution in [3.05, 3.63) is 87.9 Å². The molecule has 2 aromatic heterocycles. The quantitative estimate of drug-likeness (QED) is 0.259. The normalized spacial score (nSPS) is 11.4. The van der Waals surface area contributed by atoms with Gasteiger partial charge in [0.05, 0.1) is 28.8 Å². The van der Waals surface area contributed by atoms with Crippen molar-refractivity contribution < 1.29 is 27.5 Å². The molecule has 3 aromatic carbocycles. The van der Waals surface area contributed by atoms with Crippen LogP contribution in [0.15, 0.2) is 82.3 Å². The highest BCUT2D eigenvalue weighted by atomic mass is 35.5. The second kappa shape index (κ2) is 10.7. The highest BCUT2D eigenvalue weighted by Gasteiger charge is 2.34. The molecule has 0 saturated carbocycles. The van der Waals surface area contributed by atoms with Gasteiger partial charge in [-0.25, -0.2) is 14.7 Å². The Balaban J connectivity index is 1.62. The maximum absolute atomic E-state index is 13.4. The second-order valence-corrected chi connectivity index (χ2v) is 10.9. The number of nitrogens with zero attached hydrogens (tertiary/aromatic N) is 4. The van der Waals surface area contributed by atoms with Gasteiger partial charge < -0.3 is 14.4 Å². The Kier molecular flexibility index (Phi) is 7.32. The van der Waals surface area contributed by atoms with Crippen molar-refractivity contribution in [3.63, 3.8) is 0 Å². The Morgan fingerprint density at radius 1 is 0.897 bits per heavy atom. The average molecular weight is 605 g/mol. The zero-order chi connectivity index (χ0) is 27.7. The standard InChI is InChI=1S/C25H16Cl3N5O5S/c1-37-18-9-2-14(3-10-18)21-13-22(19-12-16(27)6-11-20(19)28)30-25(29-21)31-39(35,36)23-24(34)38-32-33(23)17-7-4-15(26)5-8-17/h2-13H,1H3,(H-,29,30,31,32,34). The summed E-state index contributed by atoms with van der Waals surface area (Å²) in [5.74, 6) is -0.909. The summed E-state index contributed by atoms with van der Waals surface area (Å²) in [5, 5.41) is 16.4. The lowest BCUT2D eigenvalue weighted by atomic mass is 10.1. The molecule has 2 heterocycles. The number of benzene rings is 3. The molecule has 0 saturated heterocycles. The lowest BCUT2D eigenvalue weighted by Gasteiger charge is -2.11. The van der Waals surface area contributed by atoms with Crippen molar-refractivity contribution in [2.24, 2.45) is 0 Å². The largest absolute Gasteiger partial charge is 0.538 e. The maximum atomic E-state index is 13.4. The van der Waals surface area contributed by atoms with Gasteiger partial charge in [0.15, 0.2) is 5.95 Å². The molecule has 39 heavy (non-hydrogen) atoms. The molecular weight excluding hydrogens is 589 g/mol. The van der Waals surface area contributed by atoms with Crippen LogP contribution in [0.2, 0.25) is 15.1 Å². The first-order valence-corrected chi connectivity index (χ1v) is 13.6. The molecule has 0 aliphatic heterocycles. The third-order valence-corrected chi connectivity index (χ3v) is 7.56. The molecule has 0 atom stereocenters. The Morgan fingerprint density at radius 3 is 2.26 bits per heavy atom. The monoisotopic (exact) mass is 603 g/mol. The maximum Gasteiger partial charge on any atom is 0.373 e. The minimum absolute atomic E-state index is 0.227. The minimum atomic E-state index is -4.61. The van der Waals surface area contributed by atoms with E-state index in [1.165, 1.54) is 31.4 Å². The van der Waals surface area contributed by atoms with Gasteiger partial charge in [-0.2, -0.15) is 8.42 Å². The molecule has 0 spiro atoms. The fraction of sp³-hybridized carbons (Fsp3) is 0.0400. The third kappa shape index (κ3) is 5.62. The molecule has 1 N–H and O–H groups in total. The first-order chi connectivity index (χ1) is 18.6. The van der Waals surface area contributed by atoms with Crippen molar-refractivity contribution in [2.75, 3.05) is 11.8 Å². The zero-order valence-electron chi connectivity index (χ0n) is 19.8. The summed E-state index contributed by atoms with van der Waals surface area (Å²) in [6.07, 6.45) is 0. The van der Waals surface area contributed by atoms with Crippen molar-refractivity contribution in [2.45, 2.75) is 5.03 Å². The van der Waals surface area contributed by atoms with Gasteiger partial charge in [0.1, 0.15) is 5.75 Å². The van der Waals surface area contributed by atoms with Crippen LogP contribution in [0.25, 0.3) is 28.2 Å². The molecule has 10 nitrogen and oxygen atoms in total. The van der Waals surface area contributed by atoms with Gasteiger partial charge in [-0.15, -0.1) is 0 Å². The number of halogens is 3.